The van der Waals surface area contributed by atoms with E-state index in [0.29, 0.717) is 6.54 Å². The van der Waals surface area contributed by atoms with Crippen molar-refractivity contribution in [3.63, 3.8) is 0 Å². The van der Waals surface area contributed by atoms with Crippen LogP contribution in [0.4, 0.5) is 5.69 Å². The normalized spacial score (nSPS) is 11.2. The number of aliphatic imine (C=N–C) groups is 1. The van der Waals surface area contributed by atoms with Crippen LogP contribution in [0.1, 0.15) is 11.1 Å². The summed E-state index contributed by atoms with van der Waals surface area (Å²) in [6.45, 7) is 1.36. The highest BCUT2D eigenvalue weighted by molar-refractivity contribution is 6.31. The van der Waals surface area contributed by atoms with E-state index in [4.69, 9.17) is 11.6 Å². The van der Waals surface area contributed by atoms with E-state index < -0.39 is 0 Å². The Labute approximate surface area is 143 Å². The summed E-state index contributed by atoms with van der Waals surface area (Å²) in [5, 5.41) is 7.34. The van der Waals surface area contributed by atoms with Gasteiger partial charge in [0, 0.05) is 44.9 Å². The average molecular weight is 331 g/mol. The SMILES string of the molecule is CN=C(NCc1ccc(N(C)C)cc1)NCc1ccccc1Cl. The summed E-state index contributed by atoms with van der Waals surface area (Å²) >= 11 is 6.16. The second kappa shape index (κ2) is 8.44. The topological polar surface area (TPSA) is 39.7 Å². The first-order chi connectivity index (χ1) is 11.1. The number of hydrogen-bond acceptors (Lipinski definition) is 2. The second-order valence-electron chi connectivity index (χ2n) is 5.43. The molecular formula is C18H23ClN4. The van der Waals surface area contributed by atoms with Gasteiger partial charge in [0.25, 0.3) is 0 Å². The number of anilines is 1. The lowest BCUT2D eigenvalue weighted by Gasteiger charge is -2.14. The molecule has 0 bridgehead atoms. The fourth-order valence-corrected chi connectivity index (χ4v) is 2.34. The molecule has 2 aromatic carbocycles. The van der Waals surface area contributed by atoms with Gasteiger partial charge in [-0.3, -0.25) is 4.99 Å². The number of rotatable bonds is 5. The van der Waals surface area contributed by atoms with Gasteiger partial charge in [-0.2, -0.15) is 0 Å². The maximum absolute atomic E-state index is 6.16. The molecule has 2 N–H and O–H groups in total. The smallest absolute Gasteiger partial charge is 0.191 e. The van der Waals surface area contributed by atoms with Gasteiger partial charge in [-0.1, -0.05) is 41.9 Å². The predicted molar refractivity (Wildman–Crippen MR) is 99.3 cm³/mol. The molecule has 0 aliphatic carbocycles. The van der Waals surface area contributed by atoms with E-state index in [2.05, 4.69) is 44.8 Å². The van der Waals surface area contributed by atoms with Crippen LogP contribution in [-0.4, -0.2) is 27.1 Å². The second-order valence-corrected chi connectivity index (χ2v) is 5.84. The highest BCUT2D eigenvalue weighted by atomic mass is 35.5. The molecule has 0 saturated heterocycles. The summed E-state index contributed by atoms with van der Waals surface area (Å²) < 4.78 is 0. The van der Waals surface area contributed by atoms with Crippen molar-refractivity contribution in [3.05, 3.63) is 64.7 Å². The molecule has 122 valence electrons. The van der Waals surface area contributed by atoms with Gasteiger partial charge in [0.1, 0.15) is 0 Å². The Balaban J connectivity index is 1.86. The Kier molecular flexibility index (Phi) is 6.29. The number of halogens is 1. The minimum absolute atomic E-state index is 0.638. The van der Waals surface area contributed by atoms with Crippen molar-refractivity contribution < 1.29 is 0 Å². The van der Waals surface area contributed by atoms with Crippen LogP contribution in [0.2, 0.25) is 5.02 Å². The van der Waals surface area contributed by atoms with Gasteiger partial charge in [0.15, 0.2) is 5.96 Å². The lowest BCUT2D eigenvalue weighted by Crippen LogP contribution is -2.36. The van der Waals surface area contributed by atoms with Crippen molar-refractivity contribution in [3.8, 4) is 0 Å². The number of benzene rings is 2. The zero-order valence-electron chi connectivity index (χ0n) is 13.8. The molecule has 0 amide bonds. The van der Waals surface area contributed by atoms with Crippen molar-refractivity contribution in [2.75, 3.05) is 26.0 Å². The molecular weight excluding hydrogens is 308 g/mol. The molecule has 4 nitrogen and oxygen atoms in total. The third-order valence-electron chi connectivity index (χ3n) is 3.54. The standard InChI is InChI=1S/C18H23ClN4/c1-20-18(22-13-15-6-4-5-7-17(15)19)21-12-14-8-10-16(11-9-14)23(2)3/h4-11H,12-13H2,1-3H3,(H2,20,21,22). The van der Waals surface area contributed by atoms with Gasteiger partial charge in [0.05, 0.1) is 0 Å². The highest BCUT2D eigenvalue weighted by Gasteiger charge is 2.02. The average Bonchev–Trinajstić information content (AvgIpc) is 2.57. The van der Waals surface area contributed by atoms with Gasteiger partial charge in [0.2, 0.25) is 0 Å². The molecule has 0 saturated carbocycles. The molecule has 0 atom stereocenters. The summed E-state index contributed by atoms with van der Waals surface area (Å²) in [6.07, 6.45) is 0. The lowest BCUT2D eigenvalue weighted by atomic mass is 10.2. The van der Waals surface area contributed by atoms with E-state index in [0.717, 1.165) is 23.1 Å². The molecule has 5 heteroatoms. The van der Waals surface area contributed by atoms with Crippen molar-refractivity contribution in [2.24, 2.45) is 4.99 Å². The molecule has 0 aromatic heterocycles. The van der Waals surface area contributed by atoms with Crippen LogP contribution in [0.3, 0.4) is 0 Å². The molecule has 0 aliphatic rings. The van der Waals surface area contributed by atoms with Gasteiger partial charge in [-0.15, -0.1) is 0 Å². The maximum atomic E-state index is 6.16. The number of hydrogen-bond donors (Lipinski definition) is 2. The van der Waals surface area contributed by atoms with Gasteiger partial charge >= 0.3 is 0 Å². The Morgan fingerprint density at radius 2 is 1.65 bits per heavy atom. The molecule has 2 rings (SSSR count). The van der Waals surface area contributed by atoms with Crippen LogP contribution in [0.15, 0.2) is 53.5 Å². The van der Waals surface area contributed by atoms with E-state index >= 15 is 0 Å². The summed E-state index contributed by atoms with van der Waals surface area (Å²) in [7, 11) is 5.83. The van der Waals surface area contributed by atoms with Crippen molar-refractivity contribution in [1.29, 1.82) is 0 Å². The third kappa shape index (κ3) is 5.18. The Bertz CT molecular complexity index is 650. The van der Waals surface area contributed by atoms with Gasteiger partial charge in [-0.25, -0.2) is 0 Å². The first kappa shape index (κ1) is 17.2. The molecule has 0 aliphatic heterocycles. The van der Waals surface area contributed by atoms with E-state index in [9.17, 15) is 0 Å². The molecule has 0 fully saturated rings. The number of guanidine groups is 1. The van der Waals surface area contributed by atoms with Crippen molar-refractivity contribution in [2.45, 2.75) is 13.1 Å². The number of nitrogens with zero attached hydrogens (tertiary/aromatic N) is 2. The van der Waals surface area contributed by atoms with Crippen LogP contribution >= 0.6 is 11.6 Å². The molecule has 2 aromatic rings. The fourth-order valence-electron chi connectivity index (χ4n) is 2.14. The zero-order chi connectivity index (χ0) is 16.7. The first-order valence-electron chi connectivity index (χ1n) is 7.54. The highest BCUT2D eigenvalue weighted by Crippen LogP contribution is 2.14. The Morgan fingerprint density at radius 1 is 1.00 bits per heavy atom. The van der Waals surface area contributed by atoms with Crippen molar-refractivity contribution >= 4 is 23.2 Å². The summed E-state index contributed by atoms with van der Waals surface area (Å²) in [4.78, 5) is 6.32. The van der Waals surface area contributed by atoms with E-state index in [1.54, 1.807) is 7.05 Å². The maximum Gasteiger partial charge on any atom is 0.191 e. The quantitative estimate of drug-likeness (QED) is 0.653. The van der Waals surface area contributed by atoms with Crippen LogP contribution in [0, 0.1) is 0 Å². The first-order valence-corrected chi connectivity index (χ1v) is 7.92. The summed E-state index contributed by atoms with van der Waals surface area (Å²) in [6, 6.07) is 16.2. The van der Waals surface area contributed by atoms with Crippen LogP contribution < -0.4 is 15.5 Å². The lowest BCUT2D eigenvalue weighted by molar-refractivity contribution is 0.809. The molecule has 23 heavy (non-hydrogen) atoms. The Morgan fingerprint density at radius 3 is 2.26 bits per heavy atom. The molecule has 0 unspecified atom stereocenters. The number of nitrogens with one attached hydrogen (secondary N) is 2. The van der Waals surface area contributed by atoms with Crippen LogP contribution in [0.25, 0.3) is 0 Å². The minimum atomic E-state index is 0.638. The molecule has 0 radical (unpaired) electrons. The fraction of sp³-hybridized carbons (Fsp3) is 0.278. The van der Waals surface area contributed by atoms with Crippen molar-refractivity contribution in [1.82, 2.24) is 10.6 Å². The van der Waals surface area contributed by atoms with Crippen LogP contribution in [0.5, 0.6) is 0 Å². The van der Waals surface area contributed by atoms with Gasteiger partial charge in [-0.05, 0) is 29.3 Å². The third-order valence-corrected chi connectivity index (χ3v) is 3.91. The van der Waals surface area contributed by atoms with E-state index in [-0.39, 0.29) is 0 Å². The zero-order valence-corrected chi connectivity index (χ0v) is 14.6. The van der Waals surface area contributed by atoms with E-state index in [1.165, 1.54) is 11.3 Å². The van der Waals surface area contributed by atoms with E-state index in [1.807, 2.05) is 38.4 Å². The van der Waals surface area contributed by atoms with Crippen LogP contribution in [-0.2, 0) is 13.1 Å². The minimum Gasteiger partial charge on any atom is -0.378 e. The summed E-state index contributed by atoms with van der Waals surface area (Å²) in [5.41, 5.74) is 3.44. The Hall–Kier alpha value is -2.20. The molecule has 0 spiro atoms. The predicted octanol–water partition coefficient (Wildman–Crippen LogP) is 3.27. The monoisotopic (exact) mass is 330 g/mol. The largest absolute Gasteiger partial charge is 0.378 e. The molecule has 0 heterocycles. The van der Waals surface area contributed by atoms with Gasteiger partial charge < -0.3 is 15.5 Å². The summed E-state index contributed by atoms with van der Waals surface area (Å²) in [5.74, 6) is 0.751.